The maximum absolute atomic E-state index is 12.2. The number of ketones is 1. The lowest BCUT2D eigenvalue weighted by Crippen LogP contribution is -2.32. The molecule has 1 unspecified atom stereocenters. The summed E-state index contributed by atoms with van der Waals surface area (Å²) in [6.07, 6.45) is 3.51. The molecule has 2 aliphatic rings. The van der Waals surface area contributed by atoms with Gasteiger partial charge in [-0.3, -0.25) is 9.59 Å². The lowest BCUT2D eigenvalue weighted by Gasteiger charge is -2.24. The molecule has 0 bridgehead atoms. The molecule has 1 saturated carbocycles. The second-order valence-corrected chi connectivity index (χ2v) is 5.93. The van der Waals surface area contributed by atoms with Gasteiger partial charge in [0.15, 0.2) is 5.78 Å². The third-order valence-corrected chi connectivity index (χ3v) is 4.35. The van der Waals surface area contributed by atoms with E-state index in [4.69, 9.17) is 5.73 Å². The second-order valence-electron chi connectivity index (χ2n) is 5.93. The highest BCUT2D eigenvalue weighted by Crippen LogP contribution is 2.31. The van der Waals surface area contributed by atoms with Gasteiger partial charge < -0.3 is 5.73 Å². The van der Waals surface area contributed by atoms with Gasteiger partial charge in [0.1, 0.15) is 0 Å². The minimum Gasteiger partial charge on any atom is -0.398 e. The smallest absolute Gasteiger partial charge is 0.240 e. The molecule has 1 amide bonds. The number of rotatable bonds is 3. The molecule has 21 heavy (non-hydrogen) atoms. The number of nitrogen functional groups attached to an aromatic ring is 1. The van der Waals surface area contributed by atoms with Crippen molar-refractivity contribution in [3.8, 4) is 0 Å². The minimum absolute atomic E-state index is 0.0224. The number of nitrogens with two attached hydrogens (primary N) is 1. The van der Waals surface area contributed by atoms with Crippen molar-refractivity contribution in [2.45, 2.75) is 32.6 Å². The summed E-state index contributed by atoms with van der Waals surface area (Å²) in [7, 11) is 0. The number of anilines is 1. The van der Waals surface area contributed by atoms with Crippen molar-refractivity contribution in [2.75, 3.05) is 5.73 Å². The van der Waals surface area contributed by atoms with Gasteiger partial charge >= 0.3 is 0 Å². The van der Waals surface area contributed by atoms with E-state index in [1.54, 1.807) is 6.07 Å². The largest absolute Gasteiger partial charge is 0.398 e. The van der Waals surface area contributed by atoms with E-state index in [1.807, 2.05) is 19.1 Å². The molecule has 3 rings (SSSR count). The molecule has 5 heteroatoms. The van der Waals surface area contributed by atoms with Crippen LogP contribution in [0.4, 0.5) is 5.69 Å². The summed E-state index contributed by atoms with van der Waals surface area (Å²) in [5, 5.41) is 4.11. The van der Waals surface area contributed by atoms with E-state index < -0.39 is 0 Å². The van der Waals surface area contributed by atoms with E-state index >= 15 is 0 Å². The van der Waals surface area contributed by atoms with Gasteiger partial charge in [0.2, 0.25) is 5.91 Å². The minimum atomic E-state index is -0.0818. The Morgan fingerprint density at radius 3 is 2.71 bits per heavy atom. The van der Waals surface area contributed by atoms with Crippen LogP contribution in [0.25, 0.3) is 0 Å². The van der Waals surface area contributed by atoms with Crippen molar-refractivity contribution in [3.63, 3.8) is 0 Å². The number of nitrogens with one attached hydrogen (secondary N) is 1. The standard InChI is InChI=1S/C16H19N3O2/c1-9-7-14(20)18-19-15(9)12-6-5-11(8-13(12)17)16(21)10-3-2-4-10/h5-6,8-10H,2-4,7,17H2,1H3,(H,18,20). The third-order valence-electron chi connectivity index (χ3n) is 4.35. The van der Waals surface area contributed by atoms with E-state index in [0.717, 1.165) is 30.5 Å². The number of benzene rings is 1. The van der Waals surface area contributed by atoms with Crippen LogP contribution in [0.5, 0.6) is 0 Å². The van der Waals surface area contributed by atoms with Gasteiger partial charge in [0.05, 0.1) is 5.71 Å². The molecule has 3 N–H and O–H groups in total. The number of amides is 1. The predicted molar refractivity (Wildman–Crippen MR) is 81.0 cm³/mol. The number of hydrogen-bond donors (Lipinski definition) is 2. The molecule has 0 aromatic heterocycles. The van der Waals surface area contributed by atoms with E-state index in [-0.39, 0.29) is 23.5 Å². The van der Waals surface area contributed by atoms with Crippen LogP contribution < -0.4 is 11.2 Å². The highest BCUT2D eigenvalue weighted by Gasteiger charge is 2.27. The van der Waals surface area contributed by atoms with Crippen LogP contribution in [-0.4, -0.2) is 17.4 Å². The third kappa shape index (κ3) is 2.55. The summed E-state index contributed by atoms with van der Waals surface area (Å²) in [5.74, 6) is 0.294. The maximum Gasteiger partial charge on any atom is 0.240 e. The van der Waals surface area contributed by atoms with Crippen molar-refractivity contribution in [1.82, 2.24) is 5.43 Å². The average molecular weight is 285 g/mol. The first-order valence-electron chi connectivity index (χ1n) is 7.37. The second kappa shape index (κ2) is 5.31. The maximum atomic E-state index is 12.2. The zero-order chi connectivity index (χ0) is 15.0. The van der Waals surface area contributed by atoms with E-state index in [9.17, 15) is 9.59 Å². The monoisotopic (exact) mass is 285 g/mol. The van der Waals surface area contributed by atoms with Crippen LogP contribution in [0, 0.1) is 11.8 Å². The van der Waals surface area contributed by atoms with Crippen LogP contribution >= 0.6 is 0 Å². The fraction of sp³-hybridized carbons (Fsp3) is 0.438. The molecule has 0 radical (unpaired) electrons. The van der Waals surface area contributed by atoms with Crippen molar-refractivity contribution < 1.29 is 9.59 Å². The highest BCUT2D eigenvalue weighted by atomic mass is 16.2. The van der Waals surface area contributed by atoms with Crippen LogP contribution in [0.1, 0.15) is 48.5 Å². The molecule has 1 fully saturated rings. The lowest BCUT2D eigenvalue weighted by atomic mass is 9.79. The normalized spacial score (nSPS) is 22.2. The van der Waals surface area contributed by atoms with Gasteiger partial charge in [-0.2, -0.15) is 5.10 Å². The predicted octanol–water partition coefficient (Wildman–Crippen LogP) is 2.11. The number of hydrogen-bond acceptors (Lipinski definition) is 4. The molecule has 110 valence electrons. The molecule has 1 heterocycles. The molecule has 1 aliphatic carbocycles. The van der Waals surface area contributed by atoms with Crippen LogP contribution in [0.2, 0.25) is 0 Å². The van der Waals surface area contributed by atoms with E-state index in [0.29, 0.717) is 17.7 Å². The molecule has 0 saturated heterocycles. The number of nitrogens with zero attached hydrogens (tertiary/aromatic N) is 1. The van der Waals surface area contributed by atoms with Gasteiger partial charge in [-0.15, -0.1) is 0 Å². The van der Waals surface area contributed by atoms with Crippen molar-refractivity contribution in [3.05, 3.63) is 29.3 Å². The molecule has 1 atom stereocenters. The Morgan fingerprint density at radius 1 is 1.38 bits per heavy atom. The summed E-state index contributed by atoms with van der Waals surface area (Å²) >= 11 is 0. The zero-order valence-corrected chi connectivity index (χ0v) is 12.1. The van der Waals surface area contributed by atoms with Crippen molar-refractivity contribution >= 4 is 23.1 Å². The van der Waals surface area contributed by atoms with Gasteiger partial charge in [-0.05, 0) is 18.9 Å². The molecular weight excluding hydrogens is 266 g/mol. The Hall–Kier alpha value is -2.17. The van der Waals surface area contributed by atoms with Crippen molar-refractivity contribution in [1.29, 1.82) is 0 Å². The van der Waals surface area contributed by atoms with Crippen molar-refractivity contribution in [2.24, 2.45) is 16.9 Å². The number of carbonyl (C=O) groups is 2. The summed E-state index contributed by atoms with van der Waals surface area (Å²) in [6, 6.07) is 5.40. The van der Waals surface area contributed by atoms with Crippen LogP contribution in [-0.2, 0) is 4.79 Å². The van der Waals surface area contributed by atoms with Crippen LogP contribution in [0.3, 0.4) is 0 Å². The Balaban J connectivity index is 1.87. The molecule has 5 nitrogen and oxygen atoms in total. The van der Waals surface area contributed by atoms with Gasteiger partial charge in [0, 0.05) is 35.1 Å². The van der Waals surface area contributed by atoms with E-state index in [1.165, 1.54) is 0 Å². The fourth-order valence-corrected chi connectivity index (χ4v) is 2.83. The van der Waals surface area contributed by atoms with Crippen LogP contribution in [0.15, 0.2) is 23.3 Å². The first-order chi connectivity index (χ1) is 10.1. The average Bonchev–Trinajstić information content (AvgIpc) is 2.37. The topological polar surface area (TPSA) is 84.5 Å². The van der Waals surface area contributed by atoms with Gasteiger partial charge in [-0.25, -0.2) is 5.43 Å². The number of hydrazone groups is 1. The first kappa shape index (κ1) is 13.8. The molecule has 1 aromatic rings. The summed E-state index contributed by atoms with van der Waals surface area (Å²) < 4.78 is 0. The van der Waals surface area contributed by atoms with E-state index in [2.05, 4.69) is 10.5 Å². The van der Waals surface area contributed by atoms with Gasteiger partial charge in [0.25, 0.3) is 0 Å². The Morgan fingerprint density at radius 2 is 2.14 bits per heavy atom. The molecule has 0 spiro atoms. The zero-order valence-electron chi connectivity index (χ0n) is 12.1. The Bertz CT molecular complexity index is 632. The molecular formula is C16H19N3O2. The summed E-state index contributed by atoms with van der Waals surface area (Å²) in [5.41, 5.74) is 11.4. The Kier molecular flexibility index (Phi) is 3.49. The SMILES string of the molecule is CC1CC(=O)NN=C1c1ccc(C(=O)C2CCC2)cc1N. The Labute approximate surface area is 123 Å². The number of carbonyl (C=O) groups excluding carboxylic acids is 2. The molecule has 1 aliphatic heterocycles. The highest BCUT2D eigenvalue weighted by molar-refractivity contribution is 6.10. The van der Waals surface area contributed by atoms with Gasteiger partial charge in [-0.1, -0.05) is 25.5 Å². The summed E-state index contributed by atoms with van der Waals surface area (Å²) in [6.45, 7) is 1.95. The summed E-state index contributed by atoms with van der Waals surface area (Å²) in [4.78, 5) is 23.5. The quantitative estimate of drug-likeness (QED) is 0.659. The lowest BCUT2D eigenvalue weighted by molar-refractivity contribution is -0.121. The number of Topliss-reactive ketones (excluding diaryl/α,β-unsaturated/α-hetero) is 1. The fourth-order valence-electron chi connectivity index (χ4n) is 2.83. The molecule has 1 aromatic carbocycles. The first-order valence-corrected chi connectivity index (χ1v) is 7.37.